The van der Waals surface area contributed by atoms with Crippen LogP contribution in [0.3, 0.4) is 0 Å². The quantitative estimate of drug-likeness (QED) is 0.384. The summed E-state index contributed by atoms with van der Waals surface area (Å²) >= 11 is 5.71. The average molecular weight is 443 g/mol. The fourth-order valence-corrected chi connectivity index (χ4v) is 2.84. The van der Waals surface area contributed by atoms with Crippen LogP contribution in [0.5, 0.6) is 0 Å². The van der Waals surface area contributed by atoms with Crippen LogP contribution in [0.1, 0.15) is 18.4 Å². The van der Waals surface area contributed by atoms with Crippen LogP contribution in [0, 0.1) is 3.57 Å². The van der Waals surface area contributed by atoms with Gasteiger partial charge >= 0.3 is 5.97 Å². The van der Waals surface area contributed by atoms with Crippen LogP contribution in [0.4, 0.5) is 0 Å². The summed E-state index contributed by atoms with van der Waals surface area (Å²) in [6.07, 6.45) is 0.599. The number of hydrogen-bond donors (Lipinski definition) is 0. The van der Waals surface area contributed by atoms with Crippen molar-refractivity contribution in [2.24, 2.45) is 0 Å². The maximum Gasteiger partial charge on any atom is 0.305 e. The molecule has 0 aliphatic carbocycles. The average Bonchev–Trinajstić information content (AvgIpc) is 2.43. The minimum atomic E-state index is -0.964. The van der Waals surface area contributed by atoms with E-state index in [0.29, 0.717) is 6.42 Å². The molecule has 0 spiro atoms. The third kappa shape index (κ3) is 4.14. The molecule has 106 valence electrons. The molecule has 1 aromatic rings. The Balaban J connectivity index is 3.10. The van der Waals surface area contributed by atoms with Crippen LogP contribution in [0.15, 0.2) is 22.7 Å². The standard InChI is InChI=1S/C13H16BrIO4/c1-17-12(16)6-7-13(18-2,19-3)10-8-9(15)4-5-11(10)14/h4-5,8H,6-7H2,1-3H3. The van der Waals surface area contributed by atoms with E-state index >= 15 is 0 Å². The van der Waals surface area contributed by atoms with Gasteiger partial charge in [0.05, 0.1) is 13.5 Å². The van der Waals surface area contributed by atoms with E-state index in [1.54, 1.807) is 14.2 Å². The first kappa shape index (κ1) is 16.9. The normalized spacial score (nSPS) is 11.4. The zero-order valence-electron chi connectivity index (χ0n) is 11.0. The van der Waals surface area contributed by atoms with Crippen molar-refractivity contribution in [3.05, 3.63) is 31.8 Å². The van der Waals surface area contributed by atoms with Gasteiger partial charge in [0, 0.05) is 34.2 Å². The maximum absolute atomic E-state index is 11.3. The second kappa shape index (κ2) is 7.56. The zero-order chi connectivity index (χ0) is 14.5. The summed E-state index contributed by atoms with van der Waals surface area (Å²) in [5.74, 6) is -1.26. The van der Waals surface area contributed by atoms with Crippen molar-refractivity contribution in [3.8, 4) is 0 Å². The number of ether oxygens (including phenoxy) is 3. The molecule has 1 rings (SSSR count). The Bertz CT molecular complexity index is 446. The third-order valence-corrected chi connectivity index (χ3v) is 4.25. The van der Waals surface area contributed by atoms with Crippen molar-refractivity contribution in [2.75, 3.05) is 21.3 Å². The molecule has 0 fully saturated rings. The first-order chi connectivity index (χ1) is 8.99. The topological polar surface area (TPSA) is 44.8 Å². The highest BCUT2D eigenvalue weighted by Crippen LogP contribution is 2.36. The van der Waals surface area contributed by atoms with E-state index in [1.807, 2.05) is 18.2 Å². The fraction of sp³-hybridized carbons (Fsp3) is 0.462. The highest BCUT2D eigenvalue weighted by molar-refractivity contribution is 14.1. The molecule has 0 heterocycles. The second-order valence-corrected chi connectivity index (χ2v) is 5.96. The van der Waals surface area contributed by atoms with Crippen molar-refractivity contribution < 1.29 is 19.0 Å². The lowest BCUT2D eigenvalue weighted by Crippen LogP contribution is -2.32. The molecule has 0 saturated carbocycles. The molecule has 0 unspecified atom stereocenters. The molecule has 0 aliphatic heterocycles. The largest absolute Gasteiger partial charge is 0.469 e. The van der Waals surface area contributed by atoms with Gasteiger partial charge < -0.3 is 14.2 Å². The number of hydrogen-bond acceptors (Lipinski definition) is 4. The summed E-state index contributed by atoms with van der Waals surface area (Å²) in [6, 6.07) is 5.88. The third-order valence-electron chi connectivity index (χ3n) is 2.88. The Hall–Kier alpha value is -0.180. The molecular formula is C13H16BrIO4. The van der Waals surface area contributed by atoms with E-state index in [1.165, 1.54) is 7.11 Å². The molecule has 6 heteroatoms. The van der Waals surface area contributed by atoms with E-state index in [4.69, 9.17) is 9.47 Å². The van der Waals surface area contributed by atoms with Crippen molar-refractivity contribution in [2.45, 2.75) is 18.6 Å². The van der Waals surface area contributed by atoms with Gasteiger partial charge in [0.15, 0.2) is 5.79 Å². The highest BCUT2D eigenvalue weighted by Gasteiger charge is 2.34. The number of carbonyl (C=O) groups is 1. The van der Waals surface area contributed by atoms with Gasteiger partial charge in [-0.15, -0.1) is 0 Å². The number of rotatable bonds is 6. The summed E-state index contributed by atoms with van der Waals surface area (Å²) in [6.45, 7) is 0. The van der Waals surface area contributed by atoms with E-state index in [0.717, 1.165) is 13.6 Å². The van der Waals surface area contributed by atoms with Gasteiger partial charge in [-0.05, 0) is 40.8 Å². The van der Waals surface area contributed by atoms with Gasteiger partial charge in [0.2, 0.25) is 0 Å². The van der Waals surface area contributed by atoms with Gasteiger partial charge in [-0.25, -0.2) is 0 Å². The molecule has 1 aromatic carbocycles. The van der Waals surface area contributed by atoms with E-state index in [-0.39, 0.29) is 12.4 Å². The number of methoxy groups -OCH3 is 3. The zero-order valence-corrected chi connectivity index (χ0v) is 14.8. The van der Waals surface area contributed by atoms with Crippen molar-refractivity contribution in [1.82, 2.24) is 0 Å². The van der Waals surface area contributed by atoms with Gasteiger partial charge in [0.25, 0.3) is 0 Å². The Morgan fingerprint density at radius 3 is 2.47 bits per heavy atom. The predicted octanol–water partition coefficient (Wildman–Crippen LogP) is 3.45. The van der Waals surface area contributed by atoms with Crippen LogP contribution >= 0.6 is 38.5 Å². The van der Waals surface area contributed by atoms with Crippen molar-refractivity contribution in [1.29, 1.82) is 0 Å². The number of esters is 1. The Labute approximate surface area is 135 Å². The molecule has 4 nitrogen and oxygen atoms in total. The van der Waals surface area contributed by atoms with Crippen LogP contribution < -0.4 is 0 Å². The summed E-state index contributed by atoms with van der Waals surface area (Å²) in [5, 5.41) is 0. The summed E-state index contributed by atoms with van der Waals surface area (Å²) in [4.78, 5) is 11.3. The maximum atomic E-state index is 11.3. The minimum Gasteiger partial charge on any atom is -0.469 e. The monoisotopic (exact) mass is 442 g/mol. The fourth-order valence-electron chi connectivity index (χ4n) is 1.80. The lowest BCUT2D eigenvalue weighted by Gasteiger charge is -2.32. The molecule has 0 bridgehead atoms. The van der Waals surface area contributed by atoms with Gasteiger partial charge in [-0.2, -0.15) is 0 Å². The minimum absolute atomic E-state index is 0.218. The predicted molar refractivity (Wildman–Crippen MR) is 83.8 cm³/mol. The molecule has 0 aliphatic rings. The summed E-state index contributed by atoms with van der Waals surface area (Å²) < 4.78 is 17.7. The molecule has 0 aromatic heterocycles. The molecule has 0 N–H and O–H groups in total. The van der Waals surface area contributed by atoms with Crippen LogP contribution in [0.25, 0.3) is 0 Å². The van der Waals surface area contributed by atoms with Crippen LogP contribution in [-0.2, 0) is 24.8 Å². The SMILES string of the molecule is COC(=O)CCC(OC)(OC)c1cc(I)ccc1Br. The first-order valence-corrected chi connectivity index (χ1v) is 7.49. The van der Waals surface area contributed by atoms with E-state index in [2.05, 4.69) is 43.3 Å². The van der Waals surface area contributed by atoms with E-state index in [9.17, 15) is 4.79 Å². The Morgan fingerprint density at radius 1 is 1.32 bits per heavy atom. The molecular weight excluding hydrogens is 427 g/mol. The number of halogens is 2. The second-order valence-electron chi connectivity index (χ2n) is 3.86. The summed E-state index contributed by atoms with van der Waals surface area (Å²) in [7, 11) is 4.49. The summed E-state index contributed by atoms with van der Waals surface area (Å²) in [5.41, 5.74) is 0.855. The van der Waals surface area contributed by atoms with Gasteiger partial charge in [-0.1, -0.05) is 15.9 Å². The number of benzene rings is 1. The van der Waals surface area contributed by atoms with Crippen LogP contribution in [0.2, 0.25) is 0 Å². The van der Waals surface area contributed by atoms with Crippen molar-refractivity contribution in [3.63, 3.8) is 0 Å². The molecule has 0 amide bonds. The lowest BCUT2D eigenvalue weighted by atomic mass is 10.0. The Morgan fingerprint density at radius 2 is 1.95 bits per heavy atom. The first-order valence-electron chi connectivity index (χ1n) is 5.61. The lowest BCUT2D eigenvalue weighted by molar-refractivity contribution is -0.222. The Kier molecular flexibility index (Phi) is 6.72. The van der Waals surface area contributed by atoms with Crippen molar-refractivity contribution >= 4 is 44.5 Å². The molecule has 0 atom stereocenters. The van der Waals surface area contributed by atoms with Crippen LogP contribution in [-0.4, -0.2) is 27.3 Å². The number of carbonyl (C=O) groups excluding carboxylic acids is 1. The van der Waals surface area contributed by atoms with Gasteiger partial charge in [0.1, 0.15) is 0 Å². The van der Waals surface area contributed by atoms with Gasteiger partial charge in [-0.3, -0.25) is 4.79 Å². The highest BCUT2D eigenvalue weighted by atomic mass is 127. The molecule has 0 radical (unpaired) electrons. The molecule has 0 saturated heterocycles. The smallest absolute Gasteiger partial charge is 0.305 e. The molecule has 19 heavy (non-hydrogen) atoms. The van der Waals surface area contributed by atoms with E-state index < -0.39 is 5.79 Å².